The minimum atomic E-state index is -0.467. The van der Waals surface area contributed by atoms with Gasteiger partial charge in [0.05, 0.1) is 18.8 Å². The molecule has 1 heterocycles. The summed E-state index contributed by atoms with van der Waals surface area (Å²) in [6.45, 7) is 5.54. The summed E-state index contributed by atoms with van der Waals surface area (Å²) in [5, 5.41) is 16.0. The SMILES string of the molecule is CC(C)(C)OC(=O)NC1CC(n2cc(CO)cn2)C1. The molecule has 0 radical (unpaired) electrons. The fourth-order valence-electron chi connectivity index (χ4n) is 2.05. The number of aliphatic hydroxyl groups is 1. The number of aromatic nitrogens is 2. The Hall–Kier alpha value is -1.56. The molecule has 1 amide bonds. The van der Waals surface area contributed by atoms with Gasteiger partial charge in [-0.05, 0) is 33.6 Å². The second-order valence-electron chi connectivity index (χ2n) is 5.96. The van der Waals surface area contributed by atoms with Gasteiger partial charge in [-0.15, -0.1) is 0 Å². The predicted octanol–water partition coefficient (Wildman–Crippen LogP) is 1.60. The summed E-state index contributed by atoms with van der Waals surface area (Å²) in [6.07, 6.45) is 4.81. The number of rotatable bonds is 3. The Kier molecular flexibility index (Phi) is 3.80. The summed E-state index contributed by atoms with van der Waals surface area (Å²) in [5.74, 6) is 0. The summed E-state index contributed by atoms with van der Waals surface area (Å²) in [4.78, 5) is 11.6. The molecule has 1 saturated carbocycles. The Labute approximate surface area is 112 Å². The largest absolute Gasteiger partial charge is 0.444 e. The molecule has 6 heteroatoms. The number of ether oxygens (including phenoxy) is 1. The molecule has 1 fully saturated rings. The molecule has 0 unspecified atom stereocenters. The van der Waals surface area contributed by atoms with Crippen molar-refractivity contribution in [1.29, 1.82) is 0 Å². The van der Waals surface area contributed by atoms with E-state index in [1.807, 2.05) is 31.6 Å². The van der Waals surface area contributed by atoms with Crippen LogP contribution >= 0.6 is 0 Å². The molecule has 1 aliphatic rings. The number of hydrogen-bond acceptors (Lipinski definition) is 4. The van der Waals surface area contributed by atoms with Crippen LogP contribution in [-0.2, 0) is 11.3 Å². The molecule has 1 aromatic rings. The maximum atomic E-state index is 11.6. The highest BCUT2D eigenvalue weighted by Gasteiger charge is 2.33. The second kappa shape index (κ2) is 5.21. The molecule has 2 rings (SSSR count). The molecule has 2 N–H and O–H groups in total. The van der Waals surface area contributed by atoms with E-state index >= 15 is 0 Å². The lowest BCUT2D eigenvalue weighted by molar-refractivity contribution is 0.0452. The van der Waals surface area contributed by atoms with Crippen LogP contribution in [0.1, 0.15) is 45.2 Å². The zero-order chi connectivity index (χ0) is 14.0. The van der Waals surface area contributed by atoms with Gasteiger partial charge in [-0.25, -0.2) is 4.79 Å². The maximum absolute atomic E-state index is 11.6. The Morgan fingerprint density at radius 3 is 2.79 bits per heavy atom. The van der Waals surface area contributed by atoms with Gasteiger partial charge in [0.2, 0.25) is 0 Å². The average molecular weight is 267 g/mol. The third-order valence-corrected chi connectivity index (χ3v) is 3.05. The molecule has 0 bridgehead atoms. The number of carbonyl (C=O) groups excluding carboxylic acids is 1. The minimum Gasteiger partial charge on any atom is -0.444 e. The molecule has 0 spiro atoms. The van der Waals surface area contributed by atoms with Gasteiger partial charge in [-0.2, -0.15) is 5.10 Å². The smallest absolute Gasteiger partial charge is 0.407 e. The number of nitrogens with one attached hydrogen (secondary N) is 1. The summed E-state index contributed by atoms with van der Waals surface area (Å²) in [5.41, 5.74) is 0.342. The van der Waals surface area contributed by atoms with Gasteiger partial charge in [0.25, 0.3) is 0 Å². The molecule has 106 valence electrons. The van der Waals surface area contributed by atoms with Gasteiger partial charge in [-0.3, -0.25) is 4.68 Å². The van der Waals surface area contributed by atoms with E-state index in [1.165, 1.54) is 0 Å². The molecule has 0 saturated heterocycles. The van der Waals surface area contributed by atoms with E-state index in [2.05, 4.69) is 10.4 Å². The predicted molar refractivity (Wildman–Crippen MR) is 69.6 cm³/mol. The second-order valence-corrected chi connectivity index (χ2v) is 5.96. The molecule has 0 aliphatic heterocycles. The quantitative estimate of drug-likeness (QED) is 0.872. The molecular formula is C13H21N3O3. The molecule has 0 aromatic carbocycles. The van der Waals surface area contributed by atoms with Gasteiger partial charge >= 0.3 is 6.09 Å². The lowest BCUT2D eigenvalue weighted by atomic mass is 9.87. The first kappa shape index (κ1) is 13.9. The standard InChI is InChI=1S/C13H21N3O3/c1-13(2,3)19-12(18)15-10-4-11(5-10)16-7-9(8-17)6-14-16/h6-7,10-11,17H,4-5,8H2,1-3H3,(H,15,18). The zero-order valence-electron chi connectivity index (χ0n) is 11.6. The van der Waals surface area contributed by atoms with Gasteiger partial charge < -0.3 is 15.2 Å². The lowest BCUT2D eigenvalue weighted by Crippen LogP contribution is -2.46. The third-order valence-electron chi connectivity index (χ3n) is 3.05. The number of carbonyl (C=O) groups is 1. The van der Waals surface area contributed by atoms with Crippen molar-refractivity contribution in [2.24, 2.45) is 0 Å². The number of alkyl carbamates (subject to hydrolysis) is 1. The van der Waals surface area contributed by atoms with Crippen LogP contribution in [0.3, 0.4) is 0 Å². The van der Waals surface area contributed by atoms with Crippen molar-refractivity contribution in [3.8, 4) is 0 Å². The van der Waals surface area contributed by atoms with Crippen LogP contribution in [0.4, 0.5) is 4.79 Å². The molecule has 19 heavy (non-hydrogen) atoms. The van der Waals surface area contributed by atoms with Crippen molar-refractivity contribution in [3.05, 3.63) is 18.0 Å². The Balaban J connectivity index is 1.76. The Bertz CT molecular complexity index is 444. The maximum Gasteiger partial charge on any atom is 0.407 e. The zero-order valence-corrected chi connectivity index (χ0v) is 11.6. The van der Waals surface area contributed by atoms with Crippen LogP contribution < -0.4 is 5.32 Å². The molecular weight excluding hydrogens is 246 g/mol. The molecule has 1 aromatic heterocycles. The van der Waals surface area contributed by atoms with Crippen molar-refractivity contribution in [3.63, 3.8) is 0 Å². The van der Waals surface area contributed by atoms with Crippen molar-refractivity contribution in [1.82, 2.24) is 15.1 Å². The summed E-state index contributed by atoms with van der Waals surface area (Å²) in [6, 6.07) is 0.432. The van der Waals surface area contributed by atoms with Gasteiger partial charge in [-0.1, -0.05) is 0 Å². The van der Waals surface area contributed by atoms with Crippen molar-refractivity contribution < 1.29 is 14.6 Å². The fraction of sp³-hybridized carbons (Fsp3) is 0.692. The lowest BCUT2D eigenvalue weighted by Gasteiger charge is -2.36. The normalized spacial score (nSPS) is 22.7. The first-order valence-electron chi connectivity index (χ1n) is 6.51. The Morgan fingerprint density at radius 1 is 1.58 bits per heavy atom. The van der Waals surface area contributed by atoms with Gasteiger partial charge in [0, 0.05) is 17.8 Å². The Morgan fingerprint density at radius 2 is 2.26 bits per heavy atom. The highest BCUT2D eigenvalue weighted by Crippen LogP contribution is 2.32. The summed E-state index contributed by atoms with van der Waals surface area (Å²) >= 11 is 0. The van der Waals surface area contributed by atoms with E-state index in [9.17, 15) is 4.79 Å². The van der Waals surface area contributed by atoms with E-state index in [-0.39, 0.29) is 18.7 Å². The van der Waals surface area contributed by atoms with Gasteiger partial charge in [0.1, 0.15) is 5.60 Å². The molecule has 0 atom stereocenters. The van der Waals surface area contributed by atoms with E-state index in [0.29, 0.717) is 6.04 Å². The highest BCUT2D eigenvalue weighted by molar-refractivity contribution is 5.68. The van der Waals surface area contributed by atoms with Gasteiger partial charge in [0.15, 0.2) is 0 Å². The summed E-state index contributed by atoms with van der Waals surface area (Å²) in [7, 11) is 0. The van der Waals surface area contributed by atoms with Crippen LogP contribution in [0.25, 0.3) is 0 Å². The van der Waals surface area contributed by atoms with Crippen LogP contribution in [0.5, 0.6) is 0 Å². The number of amides is 1. The topological polar surface area (TPSA) is 76.4 Å². The van der Waals surface area contributed by atoms with Crippen LogP contribution in [0, 0.1) is 0 Å². The van der Waals surface area contributed by atoms with E-state index in [4.69, 9.17) is 9.84 Å². The van der Waals surface area contributed by atoms with Crippen molar-refractivity contribution in [2.45, 2.75) is 57.9 Å². The minimum absolute atomic E-state index is 0.00626. The van der Waals surface area contributed by atoms with E-state index < -0.39 is 5.60 Å². The average Bonchev–Trinajstić information content (AvgIpc) is 2.68. The van der Waals surface area contributed by atoms with Crippen LogP contribution in [0.2, 0.25) is 0 Å². The molecule has 1 aliphatic carbocycles. The first-order valence-corrected chi connectivity index (χ1v) is 6.51. The molecule has 6 nitrogen and oxygen atoms in total. The number of nitrogens with zero attached hydrogens (tertiary/aromatic N) is 2. The number of hydrogen-bond donors (Lipinski definition) is 2. The van der Waals surface area contributed by atoms with Crippen molar-refractivity contribution >= 4 is 6.09 Å². The van der Waals surface area contributed by atoms with E-state index in [0.717, 1.165) is 18.4 Å². The number of aliphatic hydroxyl groups excluding tert-OH is 1. The third kappa shape index (κ3) is 3.70. The van der Waals surface area contributed by atoms with Crippen LogP contribution in [0.15, 0.2) is 12.4 Å². The first-order chi connectivity index (χ1) is 8.87. The van der Waals surface area contributed by atoms with E-state index in [1.54, 1.807) is 6.20 Å². The monoisotopic (exact) mass is 267 g/mol. The fourth-order valence-corrected chi connectivity index (χ4v) is 2.05. The summed E-state index contributed by atoms with van der Waals surface area (Å²) < 4.78 is 7.05. The highest BCUT2D eigenvalue weighted by atomic mass is 16.6. The van der Waals surface area contributed by atoms with Crippen molar-refractivity contribution in [2.75, 3.05) is 0 Å². The van der Waals surface area contributed by atoms with Crippen LogP contribution in [-0.4, -0.2) is 32.6 Å².